The molecule has 0 spiro atoms. The molecule has 43 heavy (non-hydrogen) atoms. The Morgan fingerprint density at radius 3 is 2.00 bits per heavy atom. The van der Waals surface area contributed by atoms with Crippen molar-refractivity contribution in [1.82, 2.24) is 0 Å². The number of fused-ring (bicyclic) bond motifs is 9. The minimum Gasteiger partial charge on any atom is -0.456 e. The summed E-state index contributed by atoms with van der Waals surface area (Å²) in [5.74, 6) is 0.741. The van der Waals surface area contributed by atoms with E-state index < -0.39 is 0 Å². The molecule has 2 nitrogen and oxygen atoms in total. The van der Waals surface area contributed by atoms with Crippen LogP contribution in [0.15, 0.2) is 136 Å². The second kappa shape index (κ2) is 9.47. The second-order valence-electron chi connectivity index (χ2n) is 12.1. The molecule has 0 bridgehead atoms. The number of hydrogen-bond donors (Lipinski definition) is 0. The first-order valence-corrected chi connectivity index (χ1v) is 15.2. The van der Waals surface area contributed by atoms with E-state index in [1.165, 1.54) is 44.3 Å². The third kappa shape index (κ3) is 3.94. The highest BCUT2D eigenvalue weighted by Gasteiger charge is 2.29. The zero-order valence-electron chi connectivity index (χ0n) is 24.0. The van der Waals surface area contributed by atoms with Crippen LogP contribution in [-0.4, -0.2) is 0 Å². The average Bonchev–Trinajstić information content (AvgIpc) is 3.55. The van der Waals surface area contributed by atoms with Gasteiger partial charge in [0.1, 0.15) is 22.3 Å². The first kappa shape index (κ1) is 24.5. The molecular weight excluding hydrogens is 524 g/mol. The molecule has 0 amide bonds. The lowest BCUT2D eigenvalue weighted by atomic mass is 9.80. The SMILES string of the molecule is CC1c2ccccc2-c2ccccc2CC1c1ccc2oc3cc4oc5ccc(Cc6ccccc6)cc5c4cc3c2c1. The molecule has 0 N–H and O–H groups in total. The molecule has 0 saturated carbocycles. The molecule has 2 aromatic heterocycles. The van der Waals surface area contributed by atoms with Gasteiger partial charge in [-0.1, -0.05) is 97.9 Å². The van der Waals surface area contributed by atoms with Gasteiger partial charge in [-0.05, 0) is 94.0 Å². The van der Waals surface area contributed by atoms with E-state index >= 15 is 0 Å². The fraction of sp³-hybridized carbons (Fsp3) is 0.122. The molecule has 2 atom stereocenters. The summed E-state index contributed by atoms with van der Waals surface area (Å²) in [6.07, 6.45) is 1.91. The van der Waals surface area contributed by atoms with E-state index in [2.05, 4.69) is 134 Å². The standard InChI is InChI=1S/C41H30O2/c1-25-30-12-7-8-14-32(30)31-13-6-5-11-28(31)21-33(25)29-16-18-39-35(22-29)37-23-36-34-20-27(19-26-9-3-2-4-10-26)15-17-38(34)42-40(36)24-41(37)43-39/h2-18,20,22-25,33H,19,21H2,1H3. The quantitative estimate of drug-likeness (QED) is 0.217. The lowest BCUT2D eigenvalue weighted by Gasteiger charge is -2.24. The maximum atomic E-state index is 6.41. The highest BCUT2D eigenvalue weighted by Crippen LogP contribution is 2.46. The molecular formula is C41H30O2. The van der Waals surface area contributed by atoms with Crippen LogP contribution >= 0.6 is 0 Å². The molecule has 9 rings (SSSR count). The molecule has 8 aromatic rings. The third-order valence-electron chi connectivity index (χ3n) is 9.63. The maximum Gasteiger partial charge on any atom is 0.139 e. The normalized spacial score (nSPS) is 16.5. The lowest BCUT2D eigenvalue weighted by molar-refractivity contribution is 0.579. The van der Waals surface area contributed by atoms with Gasteiger partial charge in [0, 0.05) is 27.6 Å². The summed E-state index contributed by atoms with van der Waals surface area (Å²) < 4.78 is 12.7. The van der Waals surface area contributed by atoms with Crippen molar-refractivity contribution in [2.45, 2.75) is 31.6 Å². The highest BCUT2D eigenvalue weighted by molar-refractivity contribution is 6.15. The van der Waals surface area contributed by atoms with Crippen molar-refractivity contribution in [1.29, 1.82) is 0 Å². The van der Waals surface area contributed by atoms with Gasteiger partial charge in [-0.15, -0.1) is 0 Å². The van der Waals surface area contributed by atoms with Gasteiger partial charge < -0.3 is 8.83 Å². The third-order valence-corrected chi connectivity index (χ3v) is 9.63. The molecule has 0 radical (unpaired) electrons. The van der Waals surface area contributed by atoms with Crippen LogP contribution in [-0.2, 0) is 12.8 Å². The lowest BCUT2D eigenvalue weighted by Crippen LogP contribution is -2.10. The summed E-state index contributed by atoms with van der Waals surface area (Å²) in [5.41, 5.74) is 13.1. The Labute approximate surface area is 250 Å². The molecule has 2 heteroatoms. The van der Waals surface area contributed by atoms with E-state index in [1.807, 2.05) is 0 Å². The van der Waals surface area contributed by atoms with Gasteiger partial charge in [-0.3, -0.25) is 0 Å². The van der Waals surface area contributed by atoms with Crippen molar-refractivity contribution in [3.63, 3.8) is 0 Å². The van der Waals surface area contributed by atoms with Crippen molar-refractivity contribution in [2.75, 3.05) is 0 Å². The Bertz CT molecular complexity index is 2320. The van der Waals surface area contributed by atoms with Crippen LogP contribution in [0.2, 0.25) is 0 Å². The molecule has 1 aliphatic rings. The number of hydrogen-bond acceptors (Lipinski definition) is 2. The molecule has 2 unspecified atom stereocenters. The Morgan fingerprint density at radius 2 is 1.19 bits per heavy atom. The van der Waals surface area contributed by atoms with Crippen molar-refractivity contribution in [3.8, 4) is 11.1 Å². The van der Waals surface area contributed by atoms with Crippen molar-refractivity contribution < 1.29 is 8.83 Å². The van der Waals surface area contributed by atoms with Gasteiger partial charge in [-0.2, -0.15) is 0 Å². The molecule has 0 fully saturated rings. The molecule has 206 valence electrons. The predicted molar refractivity (Wildman–Crippen MR) is 177 cm³/mol. The molecule has 0 aliphatic heterocycles. The van der Waals surface area contributed by atoms with Crippen molar-refractivity contribution in [3.05, 3.63) is 155 Å². The minimum atomic E-state index is 0.359. The van der Waals surface area contributed by atoms with Crippen LogP contribution in [0.1, 0.15) is 46.6 Å². The van der Waals surface area contributed by atoms with E-state index in [1.54, 1.807) is 0 Å². The summed E-state index contributed by atoms with van der Waals surface area (Å²) in [6, 6.07) is 46.2. The van der Waals surface area contributed by atoms with Crippen LogP contribution in [0, 0.1) is 0 Å². The van der Waals surface area contributed by atoms with Gasteiger partial charge in [-0.25, -0.2) is 0 Å². The summed E-state index contributed by atoms with van der Waals surface area (Å²) in [7, 11) is 0. The first-order chi connectivity index (χ1) is 21.2. The molecule has 0 saturated heterocycles. The zero-order chi connectivity index (χ0) is 28.5. The smallest absolute Gasteiger partial charge is 0.139 e. The van der Waals surface area contributed by atoms with Gasteiger partial charge in [0.05, 0.1) is 0 Å². The van der Waals surface area contributed by atoms with Crippen LogP contribution < -0.4 is 0 Å². The van der Waals surface area contributed by atoms with E-state index in [0.29, 0.717) is 11.8 Å². The molecule has 2 heterocycles. The summed E-state index contributed by atoms with van der Waals surface area (Å²) in [4.78, 5) is 0. The Morgan fingerprint density at radius 1 is 0.535 bits per heavy atom. The van der Waals surface area contributed by atoms with Crippen LogP contribution in [0.5, 0.6) is 0 Å². The topological polar surface area (TPSA) is 26.3 Å². The summed E-state index contributed by atoms with van der Waals surface area (Å²) >= 11 is 0. The summed E-state index contributed by atoms with van der Waals surface area (Å²) in [5, 5.41) is 4.60. The Hall–Kier alpha value is -5.08. The van der Waals surface area contributed by atoms with Crippen LogP contribution in [0.3, 0.4) is 0 Å². The molecule has 6 aromatic carbocycles. The van der Waals surface area contributed by atoms with Crippen LogP contribution in [0.25, 0.3) is 55.0 Å². The number of rotatable bonds is 3. The molecule has 1 aliphatic carbocycles. The van der Waals surface area contributed by atoms with E-state index in [-0.39, 0.29) is 0 Å². The number of benzene rings is 6. The largest absolute Gasteiger partial charge is 0.456 e. The number of furan rings is 2. The first-order valence-electron chi connectivity index (χ1n) is 15.2. The van der Waals surface area contributed by atoms with Gasteiger partial charge in [0.15, 0.2) is 0 Å². The van der Waals surface area contributed by atoms with Gasteiger partial charge in [0.2, 0.25) is 0 Å². The van der Waals surface area contributed by atoms with E-state index in [4.69, 9.17) is 8.83 Å². The van der Waals surface area contributed by atoms with Gasteiger partial charge >= 0.3 is 0 Å². The Kier molecular flexibility index (Phi) is 5.40. The maximum absolute atomic E-state index is 6.41. The van der Waals surface area contributed by atoms with Crippen LogP contribution in [0.4, 0.5) is 0 Å². The van der Waals surface area contributed by atoms with E-state index in [9.17, 15) is 0 Å². The van der Waals surface area contributed by atoms with E-state index in [0.717, 1.165) is 51.3 Å². The average molecular weight is 555 g/mol. The fourth-order valence-corrected chi connectivity index (χ4v) is 7.42. The fourth-order valence-electron chi connectivity index (χ4n) is 7.42. The minimum absolute atomic E-state index is 0.359. The summed E-state index contributed by atoms with van der Waals surface area (Å²) in [6.45, 7) is 2.39. The zero-order valence-corrected chi connectivity index (χ0v) is 24.0. The van der Waals surface area contributed by atoms with Crippen molar-refractivity contribution >= 4 is 43.9 Å². The van der Waals surface area contributed by atoms with Gasteiger partial charge in [0.25, 0.3) is 0 Å². The highest BCUT2D eigenvalue weighted by atomic mass is 16.3. The van der Waals surface area contributed by atoms with Crippen molar-refractivity contribution in [2.24, 2.45) is 0 Å². The Balaban J connectivity index is 1.18. The second-order valence-corrected chi connectivity index (χ2v) is 12.1. The monoisotopic (exact) mass is 554 g/mol. The predicted octanol–water partition coefficient (Wildman–Crippen LogP) is 11.2.